The minimum atomic E-state index is -0.368. The molecule has 0 saturated carbocycles. The van der Waals surface area contributed by atoms with Crippen LogP contribution in [0.5, 0.6) is 11.5 Å². The Bertz CT molecular complexity index is 606. The first-order valence-electron chi connectivity index (χ1n) is 4.76. The zero-order valence-corrected chi connectivity index (χ0v) is 11.7. The molecule has 0 heterocycles. The van der Waals surface area contributed by atoms with Gasteiger partial charge in [-0.15, -0.1) is 0 Å². The zero-order chi connectivity index (χ0) is 13.4. The van der Waals surface area contributed by atoms with Crippen LogP contribution in [0.3, 0.4) is 0 Å². The van der Waals surface area contributed by atoms with Gasteiger partial charge in [-0.3, -0.25) is 0 Å². The third-order valence-electron chi connectivity index (χ3n) is 2.34. The van der Waals surface area contributed by atoms with Crippen LogP contribution in [-0.2, 0) is 0 Å². The van der Waals surface area contributed by atoms with Crippen molar-refractivity contribution in [3.05, 3.63) is 44.4 Å². The second kappa shape index (κ2) is 5.06. The fraction of sp³-hybridized carbons (Fsp3) is 0. The molecular weight excluding hydrogens is 318 g/mol. The molecule has 0 saturated heterocycles. The number of hydrogen-bond acceptors (Lipinski definition) is 2. The van der Waals surface area contributed by atoms with Crippen LogP contribution in [0.4, 0.5) is 0 Å². The molecule has 0 fully saturated rings. The van der Waals surface area contributed by atoms with E-state index >= 15 is 0 Å². The van der Waals surface area contributed by atoms with Gasteiger partial charge in [0.05, 0.1) is 5.02 Å². The summed E-state index contributed by atoms with van der Waals surface area (Å²) in [6.45, 7) is 0. The predicted octanol–water partition coefficient (Wildman–Crippen LogP) is 5.38. The van der Waals surface area contributed by atoms with Crippen LogP contribution in [0, 0.1) is 0 Å². The molecular formula is C12H6Cl4O2. The average molecular weight is 324 g/mol. The SMILES string of the molecule is Oc1c(Cl)cc(-c2cc(Cl)cc(Cl)c2)c(O)c1Cl. The molecule has 0 unspecified atom stereocenters. The Labute approximate surface area is 123 Å². The van der Waals surface area contributed by atoms with Gasteiger partial charge in [-0.25, -0.2) is 0 Å². The van der Waals surface area contributed by atoms with E-state index in [1.54, 1.807) is 18.2 Å². The molecule has 0 aliphatic rings. The van der Waals surface area contributed by atoms with Crippen LogP contribution < -0.4 is 0 Å². The molecule has 2 aromatic rings. The number of phenols is 2. The highest BCUT2D eigenvalue weighted by Crippen LogP contribution is 2.45. The Morgan fingerprint density at radius 2 is 1.28 bits per heavy atom. The van der Waals surface area contributed by atoms with Crippen molar-refractivity contribution < 1.29 is 10.2 Å². The predicted molar refractivity (Wildman–Crippen MR) is 75.2 cm³/mol. The van der Waals surface area contributed by atoms with Gasteiger partial charge in [-0.1, -0.05) is 46.4 Å². The molecule has 0 aromatic heterocycles. The summed E-state index contributed by atoms with van der Waals surface area (Å²) in [7, 11) is 0. The largest absolute Gasteiger partial charge is 0.506 e. The van der Waals surface area contributed by atoms with Crippen LogP contribution in [0.2, 0.25) is 20.1 Å². The van der Waals surface area contributed by atoms with Crippen LogP contribution in [0.1, 0.15) is 0 Å². The summed E-state index contributed by atoms with van der Waals surface area (Å²) in [6.07, 6.45) is 0. The van der Waals surface area contributed by atoms with Crippen LogP contribution in [-0.4, -0.2) is 10.2 Å². The molecule has 18 heavy (non-hydrogen) atoms. The first kappa shape index (κ1) is 13.6. The lowest BCUT2D eigenvalue weighted by atomic mass is 10.0. The number of rotatable bonds is 1. The van der Waals surface area contributed by atoms with E-state index in [9.17, 15) is 10.2 Å². The van der Waals surface area contributed by atoms with Crippen LogP contribution in [0.15, 0.2) is 24.3 Å². The van der Waals surface area contributed by atoms with E-state index in [-0.39, 0.29) is 21.5 Å². The molecule has 2 rings (SSSR count). The van der Waals surface area contributed by atoms with Crippen molar-refractivity contribution in [3.8, 4) is 22.6 Å². The first-order valence-corrected chi connectivity index (χ1v) is 6.27. The van der Waals surface area contributed by atoms with Crippen molar-refractivity contribution in [1.29, 1.82) is 0 Å². The van der Waals surface area contributed by atoms with Crippen molar-refractivity contribution in [2.45, 2.75) is 0 Å². The minimum absolute atomic E-state index is 0.0314. The fourth-order valence-corrected chi connectivity index (χ4v) is 2.51. The second-order valence-electron chi connectivity index (χ2n) is 3.58. The van der Waals surface area contributed by atoms with Gasteiger partial charge in [0, 0.05) is 15.6 Å². The van der Waals surface area contributed by atoms with Crippen molar-refractivity contribution in [3.63, 3.8) is 0 Å². The van der Waals surface area contributed by atoms with Crippen LogP contribution >= 0.6 is 46.4 Å². The normalized spacial score (nSPS) is 10.7. The summed E-state index contributed by atoms with van der Waals surface area (Å²) in [5.41, 5.74) is 0.890. The molecule has 0 atom stereocenters. The Kier molecular flexibility index (Phi) is 3.83. The lowest BCUT2D eigenvalue weighted by Crippen LogP contribution is -1.83. The minimum Gasteiger partial charge on any atom is -0.506 e. The quantitative estimate of drug-likeness (QED) is 0.739. The average Bonchev–Trinajstić information content (AvgIpc) is 2.30. The third-order valence-corrected chi connectivity index (χ3v) is 3.42. The van der Waals surface area contributed by atoms with Gasteiger partial charge >= 0.3 is 0 Å². The number of benzene rings is 2. The number of halogens is 4. The highest BCUT2D eigenvalue weighted by atomic mass is 35.5. The molecule has 0 spiro atoms. The van der Waals surface area contributed by atoms with Crippen molar-refractivity contribution in [2.24, 2.45) is 0 Å². The molecule has 0 amide bonds. The maximum atomic E-state index is 9.90. The fourth-order valence-electron chi connectivity index (χ4n) is 1.53. The third kappa shape index (κ3) is 2.47. The lowest BCUT2D eigenvalue weighted by molar-refractivity contribution is 0.452. The second-order valence-corrected chi connectivity index (χ2v) is 5.23. The maximum Gasteiger partial charge on any atom is 0.156 e. The van der Waals surface area contributed by atoms with E-state index in [0.717, 1.165) is 0 Å². The first-order chi connectivity index (χ1) is 8.40. The Hall–Kier alpha value is -0.800. The topological polar surface area (TPSA) is 40.5 Å². The smallest absolute Gasteiger partial charge is 0.156 e. The zero-order valence-electron chi connectivity index (χ0n) is 8.72. The van der Waals surface area contributed by atoms with Crippen LogP contribution in [0.25, 0.3) is 11.1 Å². The maximum absolute atomic E-state index is 9.90. The molecule has 2 aromatic carbocycles. The van der Waals surface area contributed by atoms with Crippen molar-refractivity contribution in [1.82, 2.24) is 0 Å². The lowest BCUT2D eigenvalue weighted by Gasteiger charge is -2.10. The molecule has 0 aliphatic carbocycles. The monoisotopic (exact) mass is 322 g/mol. The van der Waals surface area contributed by atoms with Gasteiger partial charge in [0.2, 0.25) is 0 Å². The van der Waals surface area contributed by atoms with E-state index in [0.29, 0.717) is 21.2 Å². The summed E-state index contributed by atoms with van der Waals surface area (Å²) in [4.78, 5) is 0. The highest BCUT2D eigenvalue weighted by Gasteiger charge is 2.16. The molecule has 0 aliphatic heterocycles. The van der Waals surface area contributed by atoms with Gasteiger partial charge in [0.25, 0.3) is 0 Å². The van der Waals surface area contributed by atoms with E-state index in [2.05, 4.69) is 0 Å². The summed E-state index contributed by atoms with van der Waals surface area (Å²) in [5, 5.41) is 20.0. The molecule has 0 bridgehead atoms. The number of aromatic hydroxyl groups is 2. The van der Waals surface area contributed by atoms with E-state index in [1.807, 2.05) is 0 Å². The molecule has 0 radical (unpaired) electrons. The van der Waals surface area contributed by atoms with Gasteiger partial charge in [0.15, 0.2) is 5.75 Å². The van der Waals surface area contributed by atoms with Gasteiger partial charge in [-0.2, -0.15) is 0 Å². The van der Waals surface area contributed by atoms with E-state index in [1.165, 1.54) is 6.07 Å². The van der Waals surface area contributed by atoms with Gasteiger partial charge in [0.1, 0.15) is 10.8 Å². The van der Waals surface area contributed by atoms with E-state index < -0.39 is 0 Å². The summed E-state index contributed by atoms with van der Waals surface area (Å²) in [6, 6.07) is 6.16. The highest BCUT2D eigenvalue weighted by molar-refractivity contribution is 6.39. The molecule has 2 nitrogen and oxygen atoms in total. The summed E-state index contributed by atoms with van der Waals surface area (Å²) in [5.74, 6) is -0.649. The standard InChI is InChI=1S/C12H6Cl4O2/c13-6-1-5(2-7(14)3-6)8-4-9(15)12(18)10(16)11(8)17/h1-4,17-18H. The number of phenolic OH excluding ortho intramolecular Hbond substituents is 2. The van der Waals surface area contributed by atoms with Crippen molar-refractivity contribution in [2.75, 3.05) is 0 Å². The summed E-state index contributed by atoms with van der Waals surface area (Å²) < 4.78 is 0. The van der Waals surface area contributed by atoms with E-state index in [4.69, 9.17) is 46.4 Å². The van der Waals surface area contributed by atoms with Gasteiger partial charge < -0.3 is 10.2 Å². The Balaban J connectivity index is 2.71. The molecule has 94 valence electrons. The Morgan fingerprint density at radius 1 is 0.722 bits per heavy atom. The molecule has 6 heteroatoms. The van der Waals surface area contributed by atoms with Gasteiger partial charge in [-0.05, 0) is 29.8 Å². The number of hydrogen-bond donors (Lipinski definition) is 2. The molecule has 2 N–H and O–H groups in total. The summed E-state index contributed by atoms with van der Waals surface area (Å²) >= 11 is 23.3. The van der Waals surface area contributed by atoms with Crippen molar-refractivity contribution >= 4 is 46.4 Å². The Morgan fingerprint density at radius 3 is 1.83 bits per heavy atom.